The largest absolute Gasteiger partial charge is 0.490 e. The van der Waals surface area contributed by atoms with Crippen LogP contribution in [0.25, 0.3) is 0 Å². The summed E-state index contributed by atoms with van der Waals surface area (Å²) in [5.74, 6) is 2.12. The third-order valence-electron chi connectivity index (χ3n) is 3.93. The van der Waals surface area contributed by atoms with Crippen LogP contribution in [0.15, 0.2) is 18.2 Å². The lowest BCUT2D eigenvalue weighted by molar-refractivity contribution is 0.132. The number of aliphatic hydroxyl groups excluding tert-OH is 1. The summed E-state index contributed by atoms with van der Waals surface area (Å²) in [5, 5.41) is 9.88. The molecule has 18 heavy (non-hydrogen) atoms. The molecule has 1 heterocycles. The summed E-state index contributed by atoms with van der Waals surface area (Å²) in [5.41, 5.74) is 1.24. The highest BCUT2D eigenvalue weighted by atomic mass is 16.5. The highest BCUT2D eigenvalue weighted by molar-refractivity contribution is 5.43. The van der Waals surface area contributed by atoms with Gasteiger partial charge < -0.3 is 14.6 Å². The zero-order valence-electron chi connectivity index (χ0n) is 10.6. The lowest BCUT2D eigenvalue weighted by atomic mass is 9.96. The van der Waals surface area contributed by atoms with Gasteiger partial charge in [-0.25, -0.2) is 0 Å². The molecule has 1 N–H and O–H groups in total. The van der Waals surface area contributed by atoms with Crippen molar-refractivity contribution in [3.8, 4) is 11.5 Å². The molecular formula is C15H20O3. The highest BCUT2D eigenvalue weighted by Gasteiger charge is 2.25. The van der Waals surface area contributed by atoms with Crippen molar-refractivity contribution in [3.63, 3.8) is 0 Å². The molecule has 0 radical (unpaired) electrons. The van der Waals surface area contributed by atoms with Gasteiger partial charge in [0.2, 0.25) is 0 Å². The number of benzene rings is 1. The third-order valence-corrected chi connectivity index (χ3v) is 3.93. The Balaban J connectivity index is 1.75. The molecule has 3 heteroatoms. The standard InChI is InChI=1S/C15H20O3/c16-13-4-1-3-12(13)9-11-5-6-14-15(10-11)18-8-2-7-17-14/h5-6,10,12-13,16H,1-4,7-9H2. The molecule has 1 aromatic carbocycles. The Morgan fingerprint density at radius 3 is 2.67 bits per heavy atom. The van der Waals surface area contributed by atoms with Crippen LogP contribution >= 0.6 is 0 Å². The van der Waals surface area contributed by atoms with E-state index < -0.39 is 0 Å². The van der Waals surface area contributed by atoms with Gasteiger partial charge >= 0.3 is 0 Å². The van der Waals surface area contributed by atoms with Crippen molar-refractivity contribution >= 4 is 0 Å². The summed E-state index contributed by atoms with van der Waals surface area (Å²) in [6.45, 7) is 1.45. The first-order valence-electron chi connectivity index (χ1n) is 6.89. The van der Waals surface area contributed by atoms with Crippen molar-refractivity contribution in [3.05, 3.63) is 23.8 Å². The second-order valence-corrected chi connectivity index (χ2v) is 5.29. The van der Waals surface area contributed by atoms with Gasteiger partial charge in [-0.1, -0.05) is 12.5 Å². The van der Waals surface area contributed by atoms with E-state index >= 15 is 0 Å². The predicted molar refractivity (Wildman–Crippen MR) is 69.1 cm³/mol. The average molecular weight is 248 g/mol. The number of aliphatic hydroxyl groups is 1. The van der Waals surface area contributed by atoms with Crippen molar-refractivity contribution in [2.75, 3.05) is 13.2 Å². The molecular weight excluding hydrogens is 228 g/mol. The smallest absolute Gasteiger partial charge is 0.161 e. The lowest BCUT2D eigenvalue weighted by Crippen LogP contribution is -2.15. The quantitative estimate of drug-likeness (QED) is 0.874. The molecule has 0 spiro atoms. The molecule has 1 aliphatic heterocycles. The Hall–Kier alpha value is -1.22. The second kappa shape index (κ2) is 5.19. The number of fused-ring (bicyclic) bond motifs is 1. The molecule has 3 nitrogen and oxygen atoms in total. The molecule has 2 aliphatic rings. The van der Waals surface area contributed by atoms with Crippen LogP contribution < -0.4 is 9.47 Å². The molecule has 1 aromatic rings. The second-order valence-electron chi connectivity index (χ2n) is 5.29. The Kier molecular flexibility index (Phi) is 3.41. The summed E-state index contributed by atoms with van der Waals surface area (Å²) in [7, 11) is 0. The minimum atomic E-state index is -0.124. The maximum atomic E-state index is 9.88. The molecule has 0 amide bonds. The van der Waals surface area contributed by atoms with Crippen LogP contribution in [-0.2, 0) is 6.42 Å². The zero-order valence-corrected chi connectivity index (χ0v) is 10.6. The topological polar surface area (TPSA) is 38.7 Å². The molecule has 0 saturated heterocycles. The zero-order chi connectivity index (χ0) is 12.4. The molecule has 1 saturated carbocycles. The van der Waals surface area contributed by atoms with Gasteiger partial charge in [-0.05, 0) is 42.9 Å². The van der Waals surface area contributed by atoms with Crippen molar-refractivity contribution in [2.45, 2.75) is 38.2 Å². The van der Waals surface area contributed by atoms with Crippen LogP contribution in [0.3, 0.4) is 0 Å². The van der Waals surface area contributed by atoms with Crippen molar-refractivity contribution < 1.29 is 14.6 Å². The van der Waals surface area contributed by atoms with Crippen LogP contribution in [0, 0.1) is 5.92 Å². The van der Waals surface area contributed by atoms with Gasteiger partial charge in [0, 0.05) is 6.42 Å². The Labute approximate surface area is 108 Å². The Morgan fingerprint density at radius 1 is 1.06 bits per heavy atom. The molecule has 1 fully saturated rings. The van der Waals surface area contributed by atoms with Gasteiger partial charge in [-0.2, -0.15) is 0 Å². The molecule has 0 aromatic heterocycles. The van der Waals surface area contributed by atoms with Gasteiger partial charge in [0.15, 0.2) is 11.5 Å². The first kappa shape index (κ1) is 11.8. The van der Waals surface area contributed by atoms with E-state index in [0.717, 1.165) is 56.8 Å². The van der Waals surface area contributed by atoms with Gasteiger partial charge in [0.25, 0.3) is 0 Å². The number of ether oxygens (including phenoxy) is 2. The van der Waals surface area contributed by atoms with Gasteiger partial charge in [-0.3, -0.25) is 0 Å². The summed E-state index contributed by atoms with van der Waals surface area (Å²) < 4.78 is 11.3. The van der Waals surface area contributed by atoms with E-state index in [-0.39, 0.29) is 6.10 Å². The van der Waals surface area contributed by atoms with E-state index in [9.17, 15) is 5.11 Å². The SMILES string of the molecule is OC1CCCC1Cc1ccc2c(c1)OCCCO2. The number of hydrogen-bond donors (Lipinski definition) is 1. The van der Waals surface area contributed by atoms with E-state index in [4.69, 9.17) is 9.47 Å². The van der Waals surface area contributed by atoms with Gasteiger partial charge in [0.1, 0.15) is 0 Å². The molecule has 3 rings (SSSR count). The van der Waals surface area contributed by atoms with Crippen molar-refractivity contribution in [1.82, 2.24) is 0 Å². The molecule has 98 valence electrons. The van der Waals surface area contributed by atoms with Crippen molar-refractivity contribution in [2.24, 2.45) is 5.92 Å². The van der Waals surface area contributed by atoms with E-state index in [0.29, 0.717) is 5.92 Å². The first-order chi connectivity index (χ1) is 8.83. The predicted octanol–water partition coefficient (Wildman–Crippen LogP) is 2.55. The fourth-order valence-corrected chi connectivity index (χ4v) is 2.89. The molecule has 1 aliphatic carbocycles. The van der Waals surface area contributed by atoms with Crippen LogP contribution in [0.4, 0.5) is 0 Å². The molecule has 2 atom stereocenters. The summed E-state index contributed by atoms with van der Waals surface area (Å²) in [6.07, 6.45) is 4.99. The van der Waals surface area contributed by atoms with E-state index in [1.54, 1.807) is 0 Å². The number of hydrogen-bond acceptors (Lipinski definition) is 3. The maximum Gasteiger partial charge on any atom is 0.161 e. The summed E-state index contributed by atoms with van der Waals surface area (Å²) in [6, 6.07) is 6.17. The van der Waals surface area contributed by atoms with Gasteiger partial charge in [0.05, 0.1) is 19.3 Å². The van der Waals surface area contributed by atoms with Crippen LogP contribution in [0.5, 0.6) is 11.5 Å². The Morgan fingerprint density at radius 2 is 1.89 bits per heavy atom. The monoisotopic (exact) mass is 248 g/mol. The number of rotatable bonds is 2. The lowest BCUT2D eigenvalue weighted by Gasteiger charge is -2.15. The Bertz CT molecular complexity index is 416. The van der Waals surface area contributed by atoms with Crippen molar-refractivity contribution in [1.29, 1.82) is 0 Å². The third kappa shape index (κ3) is 2.46. The van der Waals surface area contributed by atoms with Crippen LogP contribution in [0.2, 0.25) is 0 Å². The van der Waals surface area contributed by atoms with Crippen LogP contribution in [-0.4, -0.2) is 24.4 Å². The molecule has 2 unspecified atom stereocenters. The highest BCUT2D eigenvalue weighted by Crippen LogP contribution is 2.33. The minimum absolute atomic E-state index is 0.124. The van der Waals surface area contributed by atoms with Gasteiger partial charge in [-0.15, -0.1) is 0 Å². The first-order valence-corrected chi connectivity index (χ1v) is 6.89. The summed E-state index contributed by atoms with van der Waals surface area (Å²) >= 11 is 0. The average Bonchev–Trinajstić information content (AvgIpc) is 2.65. The minimum Gasteiger partial charge on any atom is -0.490 e. The van der Waals surface area contributed by atoms with E-state index in [1.165, 1.54) is 5.56 Å². The fraction of sp³-hybridized carbons (Fsp3) is 0.600. The maximum absolute atomic E-state index is 9.88. The van der Waals surface area contributed by atoms with E-state index in [1.807, 2.05) is 6.07 Å². The van der Waals surface area contributed by atoms with E-state index in [2.05, 4.69) is 12.1 Å². The normalized spacial score (nSPS) is 26.9. The summed E-state index contributed by atoms with van der Waals surface area (Å²) in [4.78, 5) is 0. The van der Waals surface area contributed by atoms with Crippen LogP contribution in [0.1, 0.15) is 31.2 Å². The fourth-order valence-electron chi connectivity index (χ4n) is 2.89. The molecule has 0 bridgehead atoms.